The molecule has 0 bridgehead atoms. The van der Waals surface area contributed by atoms with Gasteiger partial charge in [0.15, 0.2) is 0 Å². The van der Waals surface area contributed by atoms with Crippen molar-refractivity contribution in [2.24, 2.45) is 5.92 Å². The molecule has 1 unspecified atom stereocenters. The first-order valence-corrected chi connectivity index (χ1v) is 7.63. The number of halogens is 2. The van der Waals surface area contributed by atoms with E-state index >= 15 is 0 Å². The topological polar surface area (TPSA) is 32.3 Å². The molecule has 118 valence electrons. The molecule has 1 heterocycles. The first-order valence-electron chi connectivity index (χ1n) is 7.25. The van der Waals surface area contributed by atoms with Gasteiger partial charge in [-0.05, 0) is 44.9 Å². The second-order valence-electron chi connectivity index (χ2n) is 5.72. The van der Waals surface area contributed by atoms with Crippen LogP contribution in [0.3, 0.4) is 0 Å². The molecule has 5 heteroatoms. The minimum atomic E-state index is 0. The third kappa shape index (κ3) is 4.35. The summed E-state index contributed by atoms with van der Waals surface area (Å²) in [5.74, 6) is 0.354. The van der Waals surface area contributed by atoms with Crippen molar-refractivity contribution in [3.63, 3.8) is 0 Å². The van der Waals surface area contributed by atoms with E-state index in [1.807, 2.05) is 43.1 Å². The normalized spacial score (nSPS) is 23.0. The lowest BCUT2D eigenvalue weighted by molar-refractivity contribution is -0.137. The predicted molar refractivity (Wildman–Crippen MR) is 90.1 cm³/mol. The predicted octanol–water partition coefficient (Wildman–Crippen LogP) is 3.67. The van der Waals surface area contributed by atoms with Crippen LogP contribution in [0, 0.1) is 5.92 Å². The number of hydrogen-bond acceptors (Lipinski definition) is 2. The van der Waals surface area contributed by atoms with Crippen LogP contribution in [0.4, 0.5) is 0 Å². The highest BCUT2D eigenvalue weighted by atomic mass is 35.5. The van der Waals surface area contributed by atoms with Crippen LogP contribution in [0.5, 0.6) is 0 Å². The van der Waals surface area contributed by atoms with Gasteiger partial charge in [-0.25, -0.2) is 0 Å². The number of piperidine rings is 1. The zero-order chi connectivity index (χ0) is 14.7. The maximum atomic E-state index is 12.6. The Morgan fingerprint density at radius 3 is 2.71 bits per heavy atom. The summed E-state index contributed by atoms with van der Waals surface area (Å²) < 4.78 is 0. The standard InChI is InChI=1S/C16H23ClN2O.ClH/c1-11-10-13(8-9-18-11)16(20)19(3)12(2)14-6-4-5-7-15(14)17;/h4-7,11-13,18H,8-10H2,1-3H3;1H/t11-,12?,13-;/m0./s1. The lowest BCUT2D eigenvalue weighted by Crippen LogP contribution is -2.43. The fourth-order valence-corrected chi connectivity index (χ4v) is 3.15. The lowest BCUT2D eigenvalue weighted by atomic mass is 9.91. The number of carbonyl (C=O) groups excluding carboxylic acids is 1. The molecule has 3 nitrogen and oxygen atoms in total. The molecule has 1 saturated heterocycles. The van der Waals surface area contributed by atoms with Gasteiger partial charge in [0.2, 0.25) is 5.91 Å². The van der Waals surface area contributed by atoms with Crippen molar-refractivity contribution in [2.45, 2.75) is 38.8 Å². The van der Waals surface area contributed by atoms with E-state index in [0.29, 0.717) is 6.04 Å². The highest BCUT2D eigenvalue weighted by Crippen LogP contribution is 2.28. The minimum absolute atomic E-state index is 0. The molecule has 1 aromatic carbocycles. The Morgan fingerprint density at radius 1 is 1.43 bits per heavy atom. The van der Waals surface area contributed by atoms with Crippen LogP contribution in [0.25, 0.3) is 0 Å². The molecular weight excluding hydrogens is 307 g/mol. The van der Waals surface area contributed by atoms with Crippen molar-refractivity contribution in [1.29, 1.82) is 0 Å². The SMILES string of the molecule is CC(c1ccccc1Cl)N(C)C(=O)[C@H]1CCN[C@@H](C)C1.Cl. The number of rotatable bonds is 3. The number of amides is 1. The highest BCUT2D eigenvalue weighted by molar-refractivity contribution is 6.31. The number of benzene rings is 1. The molecule has 0 saturated carbocycles. The average molecular weight is 331 g/mol. The van der Waals surface area contributed by atoms with Crippen molar-refractivity contribution in [2.75, 3.05) is 13.6 Å². The van der Waals surface area contributed by atoms with Crippen molar-refractivity contribution >= 4 is 29.9 Å². The molecule has 3 atom stereocenters. The molecular formula is C16H24Cl2N2O. The van der Waals surface area contributed by atoms with E-state index in [9.17, 15) is 4.79 Å². The Hall–Kier alpha value is -0.770. The lowest BCUT2D eigenvalue weighted by Gasteiger charge is -2.33. The van der Waals surface area contributed by atoms with Gasteiger partial charge in [-0.1, -0.05) is 29.8 Å². The smallest absolute Gasteiger partial charge is 0.226 e. The van der Waals surface area contributed by atoms with Gasteiger partial charge in [0, 0.05) is 24.0 Å². The van der Waals surface area contributed by atoms with Crippen LogP contribution in [0.15, 0.2) is 24.3 Å². The minimum Gasteiger partial charge on any atom is -0.339 e. The molecule has 1 aromatic rings. The molecule has 1 aliphatic heterocycles. The molecule has 0 aromatic heterocycles. The van der Waals surface area contributed by atoms with E-state index in [2.05, 4.69) is 12.2 Å². The van der Waals surface area contributed by atoms with Crippen LogP contribution in [-0.4, -0.2) is 30.4 Å². The van der Waals surface area contributed by atoms with Gasteiger partial charge in [0.25, 0.3) is 0 Å². The number of hydrogen-bond donors (Lipinski definition) is 1. The molecule has 0 radical (unpaired) electrons. The van der Waals surface area contributed by atoms with Crippen molar-refractivity contribution in [3.05, 3.63) is 34.9 Å². The first-order chi connectivity index (χ1) is 9.50. The van der Waals surface area contributed by atoms with E-state index in [0.717, 1.165) is 30.0 Å². The van der Waals surface area contributed by atoms with Crippen LogP contribution in [0.1, 0.15) is 38.3 Å². The monoisotopic (exact) mass is 330 g/mol. The summed E-state index contributed by atoms with van der Waals surface area (Å²) in [7, 11) is 1.88. The van der Waals surface area contributed by atoms with Crippen LogP contribution < -0.4 is 5.32 Å². The molecule has 0 aliphatic carbocycles. The van der Waals surface area contributed by atoms with Crippen molar-refractivity contribution in [3.8, 4) is 0 Å². The number of nitrogens with one attached hydrogen (secondary N) is 1. The van der Waals surface area contributed by atoms with Gasteiger partial charge in [-0.15, -0.1) is 12.4 Å². The zero-order valence-corrected chi connectivity index (χ0v) is 14.4. The Bertz CT molecular complexity index is 481. The summed E-state index contributed by atoms with van der Waals surface area (Å²) in [6.07, 6.45) is 1.83. The summed E-state index contributed by atoms with van der Waals surface area (Å²) >= 11 is 6.23. The Morgan fingerprint density at radius 2 is 2.10 bits per heavy atom. The third-order valence-corrected chi connectivity index (χ3v) is 4.60. The van der Waals surface area contributed by atoms with E-state index in [4.69, 9.17) is 11.6 Å². The Balaban J connectivity index is 0.00000220. The summed E-state index contributed by atoms with van der Waals surface area (Å²) in [4.78, 5) is 14.5. The molecule has 1 aliphatic rings. The maximum absolute atomic E-state index is 12.6. The van der Waals surface area contributed by atoms with Gasteiger partial charge < -0.3 is 10.2 Å². The summed E-state index contributed by atoms with van der Waals surface area (Å²) in [5, 5.41) is 4.10. The third-order valence-electron chi connectivity index (χ3n) is 4.26. The van der Waals surface area contributed by atoms with Crippen LogP contribution in [0.2, 0.25) is 5.02 Å². The molecule has 1 fully saturated rings. The van der Waals surface area contributed by atoms with Crippen LogP contribution in [-0.2, 0) is 4.79 Å². The Labute approximate surface area is 138 Å². The summed E-state index contributed by atoms with van der Waals surface area (Å²) in [6, 6.07) is 8.15. The van der Waals surface area contributed by atoms with Gasteiger partial charge in [-0.2, -0.15) is 0 Å². The summed E-state index contributed by atoms with van der Waals surface area (Å²) in [5.41, 5.74) is 1.01. The maximum Gasteiger partial charge on any atom is 0.226 e. The summed E-state index contributed by atoms with van der Waals surface area (Å²) in [6.45, 7) is 5.09. The van der Waals surface area contributed by atoms with Gasteiger partial charge in [-0.3, -0.25) is 4.79 Å². The second-order valence-corrected chi connectivity index (χ2v) is 6.13. The van der Waals surface area contributed by atoms with Crippen molar-refractivity contribution < 1.29 is 4.79 Å². The van der Waals surface area contributed by atoms with E-state index in [1.165, 1.54) is 0 Å². The number of nitrogens with zero attached hydrogens (tertiary/aromatic N) is 1. The van der Waals surface area contributed by atoms with Gasteiger partial charge in [0.1, 0.15) is 0 Å². The van der Waals surface area contributed by atoms with Gasteiger partial charge in [0.05, 0.1) is 6.04 Å². The molecule has 2 rings (SSSR count). The number of carbonyl (C=O) groups is 1. The largest absolute Gasteiger partial charge is 0.339 e. The molecule has 1 N–H and O–H groups in total. The van der Waals surface area contributed by atoms with E-state index < -0.39 is 0 Å². The second kappa shape index (κ2) is 8.02. The average Bonchev–Trinajstić information content (AvgIpc) is 2.45. The molecule has 0 spiro atoms. The van der Waals surface area contributed by atoms with E-state index in [-0.39, 0.29) is 30.3 Å². The molecule has 1 amide bonds. The molecule has 21 heavy (non-hydrogen) atoms. The first kappa shape index (κ1) is 18.3. The fourth-order valence-electron chi connectivity index (χ4n) is 2.86. The van der Waals surface area contributed by atoms with Gasteiger partial charge >= 0.3 is 0 Å². The fraction of sp³-hybridized carbons (Fsp3) is 0.562. The quantitative estimate of drug-likeness (QED) is 0.917. The van der Waals surface area contributed by atoms with E-state index in [1.54, 1.807) is 0 Å². The highest BCUT2D eigenvalue weighted by Gasteiger charge is 2.29. The zero-order valence-electron chi connectivity index (χ0n) is 12.8. The van der Waals surface area contributed by atoms with Crippen LogP contribution >= 0.6 is 24.0 Å². The van der Waals surface area contributed by atoms with Crippen molar-refractivity contribution in [1.82, 2.24) is 10.2 Å². The Kier molecular flexibility index (Phi) is 6.98.